The van der Waals surface area contributed by atoms with Gasteiger partial charge in [0.25, 0.3) is 0 Å². The molecule has 2 N–H and O–H groups in total. The average Bonchev–Trinajstić information content (AvgIpc) is 2.70. The molecule has 0 bridgehead atoms. The fraction of sp³-hybridized carbons (Fsp3) is 0.182. The van der Waals surface area contributed by atoms with Crippen LogP contribution in [0.15, 0.2) is 39.7 Å². The smallest absolute Gasteiger partial charge is 0.143 e. The molecule has 2 heterocycles. The summed E-state index contributed by atoms with van der Waals surface area (Å²) < 4.78 is 5.91. The Bertz CT molecular complexity index is 470. The summed E-state index contributed by atoms with van der Waals surface area (Å²) in [5.41, 5.74) is 7.39. The first-order valence-electron chi connectivity index (χ1n) is 4.80. The number of rotatable bonds is 3. The molecule has 0 radical (unpaired) electrons. The van der Waals surface area contributed by atoms with Crippen molar-refractivity contribution in [2.24, 2.45) is 0 Å². The van der Waals surface area contributed by atoms with E-state index in [2.05, 4.69) is 20.9 Å². The molecule has 0 aliphatic carbocycles. The first kappa shape index (κ1) is 11.0. The maximum absolute atomic E-state index is 5.64. The van der Waals surface area contributed by atoms with Gasteiger partial charge in [-0.3, -0.25) is 0 Å². The quantitative estimate of drug-likeness (QED) is 0.940. The third-order valence-electron chi connectivity index (χ3n) is 2.20. The topological polar surface area (TPSA) is 55.3 Å². The van der Waals surface area contributed by atoms with Gasteiger partial charge < -0.3 is 15.1 Å². The van der Waals surface area contributed by atoms with E-state index in [0.717, 1.165) is 22.4 Å². The minimum absolute atomic E-state index is 0.646. The summed E-state index contributed by atoms with van der Waals surface area (Å²) in [6.45, 7) is 0.742. The second kappa shape index (κ2) is 4.57. The Balaban J connectivity index is 2.17. The van der Waals surface area contributed by atoms with Gasteiger partial charge in [-0.2, -0.15) is 0 Å². The van der Waals surface area contributed by atoms with Crippen molar-refractivity contribution in [2.45, 2.75) is 6.54 Å². The van der Waals surface area contributed by atoms with Gasteiger partial charge in [-0.25, -0.2) is 4.98 Å². The van der Waals surface area contributed by atoms with Gasteiger partial charge in [0.1, 0.15) is 5.82 Å². The van der Waals surface area contributed by atoms with Gasteiger partial charge in [-0.15, -0.1) is 0 Å². The molecule has 5 heteroatoms. The van der Waals surface area contributed by atoms with Crippen molar-refractivity contribution in [3.05, 3.63) is 40.9 Å². The zero-order chi connectivity index (χ0) is 11.5. The van der Waals surface area contributed by atoms with Crippen molar-refractivity contribution in [3.63, 3.8) is 0 Å². The van der Waals surface area contributed by atoms with Crippen LogP contribution in [0.1, 0.15) is 5.56 Å². The summed E-state index contributed by atoms with van der Waals surface area (Å²) in [7, 11) is 1.97. The monoisotopic (exact) mass is 281 g/mol. The lowest BCUT2D eigenvalue weighted by atomic mass is 10.3. The van der Waals surface area contributed by atoms with Crippen LogP contribution >= 0.6 is 15.9 Å². The Labute approximate surface area is 102 Å². The summed E-state index contributed by atoms with van der Waals surface area (Å²) in [5, 5.41) is 0. The molecule has 0 unspecified atom stereocenters. The first-order valence-corrected chi connectivity index (χ1v) is 5.59. The van der Waals surface area contributed by atoms with Crippen LogP contribution in [0.5, 0.6) is 0 Å². The zero-order valence-electron chi connectivity index (χ0n) is 8.85. The second-order valence-corrected chi connectivity index (χ2v) is 4.42. The number of halogens is 1. The van der Waals surface area contributed by atoms with E-state index >= 15 is 0 Å². The highest BCUT2D eigenvalue weighted by Crippen LogP contribution is 2.25. The summed E-state index contributed by atoms with van der Waals surface area (Å²) >= 11 is 3.44. The molecule has 0 aromatic carbocycles. The van der Waals surface area contributed by atoms with E-state index in [1.165, 1.54) is 0 Å². The van der Waals surface area contributed by atoms with Crippen LogP contribution in [-0.4, -0.2) is 12.0 Å². The van der Waals surface area contributed by atoms with Crippen molar-refractivity contribution < 1.29 is 4.42 Å². The molecule has 16 heavy (non-hydrogen) atoms. The van der Waals surface area contributed by atoms with Crippen LogP contribution in [0, 0.1) is 0 Å². The third kappa shape index (κ3) is 2.36. The predicted octanol–water partition coefficient (Wildman–Crippen LogP) is 2.66. The summed E-state index contributed by atoms with van der Waals surface area (Å²) in [4.78, 5) is 6.30. The Morgan fingerprint density at radius 2 is 2.38 bits per heavy atom. The van der Waals surface area contributed by atoms with Gasteiger partial charge >= 0.3 is 0 Å². The molecule has 0 spiro atoms. The van der Waals surface area contributed by atoms with E-state index in [1.54, 1.807) is 18.7 Å². The van der Waals surface area contributed by atoms with E-state index in [-0.39, 0.29) is 0 Å². The number of aromatic nitrogens is 1. The van der Waals surface area contributed by atoms with Gasteiger partial charge in [0.2, 0.25) is 0 Å². The number of hydrogen-bond acceptors (Lipinski definition) is 4. The largest absolute Gasteiger partial charge is 0.472 e. The molecule has 84 valence electrons. The highest BCUT2D eigenvalue weighted by molar-refractivity contribution is 9.10. The molecular weight excluding hydrogens is 270 g/mol. The van der Waals surface area contributed by atoms with E-state index in [1.807, 2.05) is 24.1 Å². The lowest BCUT2D eigenvalue weighted by molar-refractivity contribution is 0.563. The Hall–Kier alpha value is -1.49. The lowest BCUT2D eigenvalue weighted by Crippen LogP contribution is -2.17. The number of nitrogens with two attached hydrogens (primary N) is 1. The number of anilines is 2. The van der Waals surface area contributed by atoms with Crippen LogP contribution in [0.4, 0.5) is 11.5 Å². The van der Waals surface area contributed by atoms with Crippen molar-refractivity contribution in [1.82, 2.24) is 4.98 Å². The van der Waals surface area contributed by atoms with Crippen molar-refractivity contribution >= 4 is 27.4 Å². The standard InChI is InChI=1S/C11H12BrN3O/c1-15(6-8-2-3-16-7-8)11-10(12)4-9(13)5-14-11/h2-5,7H,6,13H2,1H3. The summed E-state index contributed by atoms with van der Waals surface area (Å²) in [6, 6.07) is 3.77. The molecule has 0 saturated heterocycles. The van der Waals surface area contributed by atoms with Crippen LogP contribution in [0.2, 0.25) is 0 Å². The molecule has 0 amide bonds. The maximum atomic E-state index is 5.64. The van der Waals surface area contributed by atoms with Crippen molar-refractivity contribution in [3.8, 4) is 0 Å². The molecule has 2 rings (SSSR count). The normalized spacial score (nSPS) is 10.4. The molecule has 0 atom stereocenters. The van der Waals surface area contributed by atoms with Crippen molar-refractivity contribution in [1.29, 1.82) is 0 Å². The number of furan rings is 1. The summed E-state index contributed by atoms with van der Waals surface area (Å²) in [5.74, 6) is 0.857. The number of nitrogens with zero attached hydrogens (tertiary/aromatic N) is 2. The SMILES string of the molecule is CN(Cc1ccoc1)c1ncc(N)cc1Br. The highest BCUT2D eigenvalue weighted by atomic mass is 79.9. The van der Waals surface area contributed by atoms with Gasteiger partial charge in [0.05, 0.1) is 28.9 Å². The van der Waals surface area contributed by atoms with Crippen LogP contribution in [0.25, 0.3) is 0 Å². The minimum Gasteiger partial charge on any atom is -0.472 e. The third-order valence-corrected chi connectivity index (χ3v) is 2.79. The molecule has 0 fully saturated rings. The molecule has 0 aliphatic rings. The Morgan fingerprint density at radius 3 is 3.00 bits per heavy atom. The second-order valence-electron chi connectivity index (χ2n) is 3.56. The molecule has 0 aliphatic heterocycles. The Kier molecular flexibility index (Phi) is 3.14. The van der Waals surface area contributed by atoms with Gasteiger partial charge in [0, 0.05) is 19.2 Å². The fourth-order valence-corrected chi connectivity index (χ4v) is 2.13. The zero-order valence-corrected chi connectivity index (χ0v) is 10.4. The van der Waals surface area contributed by atoms with Gasteiger partial charge in [-0.05, 0) is 28.1 Å². The van der Waals surface area contributed by atoms with Gasteiger partial charge in [0.15, 0.2) is 0 Å². The molecule has 2 aromatic heterocycles. The molecule has 4 nitrogen and oxygen atoms in total. The molecule has 0 saturated carbocycles. The van der Waals surface area contributed by atoms with Crippen molar-refractivity contribution in [2.75, 3.05) is 17.7 Å². The van der Waals surface area contributed by atoms with E-state index in [9.17, 15) is 0 Å². The van der Waals surface area contributed by atoms with Crippen LogP contribution in [-0.2, 0) is 6.54 Å². The highest BCUT2D eigenvalue weighted by Gasteiger charge is 2.08. The van der Waals surface area contributed by atoms with E-state index in [0.29, 0.717) is 5.69 Å². The molecular formula is C11H12BrN3O. The lowest BCUT2D eigenvalue weighted by Gasteiger charge is -2.18. The number of pyridine rings is 1. The van der Waals surface area contributed by atoms with Crippen LogP contribution in [0.3, 0.4) is 0 Å². The van der Waals surface area contributed by atoms with E-state index < -0.39 is 0 Å². The maximum Gasteiger partial charge on any atom is 0.143 e. The first-order chi connectivity index (χ1) is 7.66. The molecule has 2 aromatic rings. The fourth-order valence-electron chi connectivity index (χ4n) is 1.46. The van der Waals surface area contributed by atoms with E-state index in [4.69, 9.17) is 10.2 Å². The minimum atomic E-state index is 0.646. The number of hydrogen-bond donors (Lipinski definition) is 1. The number of nitrogen functional groups attached to an aromatic ring is 1. The van der Waals surface area contributed by atoms with Crippen LogP contribution < -0.4 is 10.6 Å². The van der Waals surface area contributed by atoms with Gasteiger partial charge in [-0.1, -0.05) is 0 Å². The predicted molar refractivity (Wildman–Crippen MR) is 67.2 cm³/mol. The summed E-state index contributed by atoms with van der Waals surface area (Å²) in [6.07, 6.45) is 5.03. The average molecular weight is 282 g/mol. The Morgan fingerprint density at radius 1 is 1.56 bits per heavy atom.